The fourth-order valence-corrected chi connectivity index (χ4v) is 2.34. The number of hydrogen-bond donors (Lipinski definition) is 1. The number of benzene rings is 1. The number of hydrogen-bond acceptors (Lipinski definition) is 3. The molecule has 0 unspecified atom stereocenters. The Bertz CT molecular complexity index is 663. The molecular weight excluding hydrogens is 267 g/mol. The van der Waals surface area contributed by atoms with E-state index in [1.165, 1.54) is 0 Å². The van der Waals surface area contributed by atoms with Gasteiger partial charge in [-0.2, -0.15) is 0 Å². The van der Waals surface area contributed by atoms with Crippen molar-refractivity contribution in [1.29, 1.82) is 0 Å². The van der Waals surface area contributed by atoms with Gasteiger partial charge in [0.1, 0.15) is 0 Å². The van der Waals surface area contributed by atoms with Crippen molar-refractivity contribution in [3.05, 3.63) is 46.5 Å². The van der Waals surface area contributed by atoms with Gasteiger partial charge < -0.3 is 5.32 Å². The van der Waals surface area contributed by atoms with Gasteiger partial charge in [0.05, 0.1) is 5.69 Å². The van der Waals surface area contributed by atoms with Crippen LogP contribution in [0.4, 0.5) is 13.2 Å². The monoisotopic (exact) mass is 279 g/mol. The van der Waals surface area contributed by atoms with Crippen LogP contribution in [-0.4, -0.2) is 9.97 Å². The van der Waals surface area contributed by atoms with Gasteiger partial charge in [0.25, 0.3) is 0 Å². The van der Waals surface area contributed by atoms with E-state index in [0.717, 1.165) is 29.1 Å². The average Bonchev–Trinajstić information content (AvgIpc) is 2.91. The molecule has 0 aliphatic carbocycles. The number of nitrogens with one attached hydrogen (secondary N) is 1. The lowest BCUT2D eigenvalue weighted by atomic mass is 10.1. The highest BCUT2D eigenvalue weighted by Crippen LogP contribution is 2.25. The maximum absolute atomic E-state index is 13.3. The van der Waals surface area contributed by atoms with Gasteiger partial charge in [0.15, 0.2) is 23.3 Å². The van der Waals surface area contributed by atoms with Gasteiger partial charge in [0, 0.05) is 29.9 Å². The molecule has 20 heavy (non-hydrogen) atoms. The van der Waals surface area contributed by atoms with Crippen molar-refractivity contribution < 1.29 is 13.2 Å². The highest BCUT2D eigenvalue weighted by atomic mass is 19.2. The van der Waals surface area contributed by atoms with Crippen molar-refractivity contribution in [2.75, 3.05) is 0 Å². The largest absolute Gasteiger partial charge is 0.307 e. The van der Waals surface area contributed by atoms with Crippen molar-refractivity contribution in [2.24, 2.45) is 0 Å². The molecule has 1 N–H and O–H groups in total. The van der Waals surface area contributed by atoms with Gasteiger partial charge in [-0.25, -0.2) is 23.1 Å². The Balaban J connectivity index is 2.16. The fraction of sp³-hybridized carbons (Fsp3) is 0.286. The fourth-order valence-electron chi connectivity index (χ4n) is 2.34. The smallest absolute Gasteiger partial charge is 0.194 e. The van der Waals surface area contributed by atoms with E-state index < -0.39 is 17.5 Å². The zero-order chi connectivity index (χ0) is 14.3. The van der Waals surface area contributed by atoms with Crippen LogP contribution in [-0.2, 0) is 19.5 Å². The van der Waals surface area contributed by atoms with Crippen LogP contribution in [0.3, 0.4) is 0 Å². The summed E-state index contributed by atoms with van der Waals surface area (Å²) in [5, 5.41) is 3.16. The van der Waals surface area contributed by atoms with E-state index in [1.807, 2.05) is 6.92 Å². The normalized spacial score (nSPS) is 13.6. The standard InChI is InChI=1S/C14H12F3N3/c1-2-11-8-5-18-6-12(8)20-14(19-11)7-3-9(15)13(17)10(16)4-7/h3-4,18H,2,5-6H2,1H3. The minimum absolute atomic E-state index is 0.144. The predicted molar refractivity (Wildman–Crippen MR) is 67.3 cm³/mol. The second-order valence-corrected chi connectivity index (χ2v) is 4.63. The van der Waals surface area contributed by atoms with Crippen molar-refractivity contribution in [1.82, 2.24) is 15.3 Å². The quantitative estimate of drug-likeness (QED) is 0.859. The molecule has 0 radical (unpaired) electrons. The molecule has 3 nitrogen and oxygen atoms in total. The summed E-state index contributed by atoms with van der Waals surface area (Å²) in [5.74, 6) is -3.73. The number of rotatable bonds is 2. The predicted octanol–water partition coefficient (Wildman–Crippen LogP) is 2.73. The summed E-state index contributed by atoms with van der Waals surface area (Å²) in [4.78, 5) is 8.65. The van der Waals surface area contributed by atoms with Crippen LogP contribution in [0.25, 0.3) is 11.4 Å². The first-order chi connectivity index (χ1) is 9.60. The van der Waals surface area contributed by atoms with Crippen LogP contribution in [0.1, 0.15) is 23.9 Å². The van der Waals surface area contributed by atoms with Gasteiger partial charge >= 0.3 is 0 Å². The van der Waals surface area contributed by atoms with E-state index in [-0.39, 0.29) is 11.4 Å². The minimum Gasteiger partial charge on any atom is -0.307 e. The molecule has 0 saturated carbocycles. The highest BCUT2D eigenvalue weighted by Gasteiger charge is 2.20. The first-order valence-corrected chi connectivity index (χ1v) is 6.34. The third-order valence-electron chi connectivity index (χ3n) is 3.35. The Morgan fingerprint density at radius 3 is 2.45 bits per heavy atom. The second kappa shape index (κ2) is 4.86. The first kappa shape index (κ1) is 13.1. The minimum atomic E-state index is -1.48. The molecule has 1 aliphatic heterocycles. The van der Waals surface area contributed by atoms with E-state index in [1.54, 1.807) is 0 Å². The topological polar surface area (TPSA) is 37.8 Å². The summed E-state index contributed by atoms with van der Waals surface area (Å²) >= 11 is 0. The van der Waals surface area contributed by atoms with E-state index >= 15 is 0 Å². The summed E-state index contributed by atoms with van der Waals surface area (Å²) in [5.41, 5.74) is 2.86. The van der Waals surface area contributed by atoms with E-state index in [0.29, 0.717) is 19.5 Å². The number of nitrogens with zero attached hydrogens (tertiary/aromatic N) is 2. The number of fused-ring (bicyclic) bond motifs is 1. The Morgan fingerprint density at radius 1 is 1.10 bits per heavy atom. The number of aryl methyl sites for hydroxylation is 1. The van der Waals surface area contributed by atoms with Crippen LogP contribution in [0.15, 0.2) is 12.1 Å². The molecule has 0 fully saturated rings. The lowest BCUT2D eigenvalue weighted by Gasteiger charge is -2.08. The lowest BCUT2D eigenvalue weighted by Crippen LogP contribution is -2.03. The van der Waals surface area contributed by atoms with Crippen molar-refractivity contribution >= 4 is 0 Å². The van der Waals surface area contributed by atoms with Crippen LogP contribution < -0.4 is 5.32 Å². The maximum Gasteiger partial charge on any atom is 0.194 e. The molecule has 0 atom stereocenters. The molecule has 2 heterocycles. The summed E-state index contributed by atoms with van der Waals surface area (Å²) in [7, 11) is 0. The summed E-state index contributed by atoms with van der Waals surface area (Å²) in [6.45, 7) is 3.26. The highest BCUT2D eigenvalue weighted by molar-refractivity contribution is 5.56. The van der Waals surface area contributed by atoms with Gasteiger partial charge in [0.2, 0.25) is 0 Å². The van der Waals surface area contributed by atoms with E-state index in [9.17, 15) is 13.2 Å². The molecule has 6 heteroatoms. The average molecular weight is 279 g/mol. The molecule has 0 spiro atoms. The zero-order valence-electron chi connectivity index (χ0n) is 10.8. The molecule has 1 aromatic carbocycles. The third kappa shape index (κ3) is 2.06. The Labute approximate surface area is 113 Å². The van der Waals surface area contributed by atoms with Crippen molar-refractivity contribution in [3.63, 3.8) is 0 Å². The van der Waals surface area contributed by atoms with Crippen LogP contribution in [0.5, 0.6) is 0 Å². The molecule has 0 saturated heterocycles. The van der Waals surface area contributed by atoms with Crippen LogP contribution in [0.2, 0.25) is 0 Å². The van der Waals surface area contributed by atoms with E-state index in [4.69, 9.17) is 0 Å². The Kier molecular flexibility index (Phi) is 3.17. The van der Waals surface area contributed by atoms with Crippen LogP contribution >= 0.6 is 0 Å². The van der Waals surface area contributed by atoms with Crippen LogP contribution in [0, 0.1) is 17.5 Å². The van der Waals surface area contributed by atoms with Gasteiger partial charge in [-0.05, 0) is 18.6 Å². The molecular formula is C14H12F3N3. The number of aromatic nitrogens is 2. The second-order valence-electron chi connectivity index (χ2n) is 4.63. The van der Waals surface area contributed by atoms with Gasteiger partial charge in [-0.3, -0.25) is 0 Å². The van der Waals surface area contributed by atoms with Crippen molar-refractivity contribution in [2.45, 2.75) is 26.4 Å². The van der Waals surface area contributed by atoms with Crippen molar-refractivity contribution in [3.8, 4) is 11.4 Å². The molecule has 2 aromatic rings. The third-order valence-corrected chi connectivity index (χ3v) is 3.35. The molecule has 1 aromatic heterocycles. The van der Waals surface area contributed by atoms with Gasteiger partial charge in [-0.15, -0.1) is 0 Å². The molecule has 1 aliphatic rings. The summed E-state index contributed by atoms with van der Waals surface area (Å²) in [6.07, 6.45) is 0.700. The molecule has 0 bridgehead atoms. The SMILES string of the molecule is CCc1nc(-c2cc(F)c(F)c(F)c2)nc2c1CNC2. The molecule has 104 valence electrons. The van der Waals surface area contributed by atoms with Gasteiger partial charge in [-0.1, -0.05) is 6.92 Å². The molecule has 0 amide bonds. The first-order valence-electron chi connectivity index (χ1n) is 6.34. The molecule has 3 rings (SSSR count). The summed E-state index contributed by atoms with van der Waals surface area (Å²) < 4.78 is 39.6. The lowest BCUT2D eigenvalue weighted by molar-refractivity contribution is 0.447. The Morgan fingerprint density at radius 2 is 1.80 bits per heavy atom. The van der Waals surface area contributed by atoms with E-state index in [2.05, 4.69) is 15.3 Å². The number of halogens is 3. The Hall–Kier alpha value is -1.95. The summed E-state index contributed by atoms with van der Waals surface area (Å²) in [6, 6.07) is 1.84. The zero-order valence-corrected chi connectivity index (χ0v) is 10.8. The maximum atomic E-state index is 13.3.